The van der Waals surface area contributed by atoms with Gasteiger partial charge in [0.15, 0.2) is 6.10 Å². The predicted molar refractivity (Wildman–Crippen MR) is 149 cm³/mol. The van der Waals surface area contributed by atoms with Crippen molar-refractivity contribution in [1.29, 1.82) is 0 Å². The lowest BCUT2D eigenvalue weighted by Gasteiger charge is -2.24. The third-order valence-corrected chi connectivity index (χ3v) is 6.82. The smallest absolute Gasteiger partial charge is 0.306 e. The zero-order chi connectivity index (χ0) is 28.3. The van der Waals surface area contributed by atoms with Gasteiger partial charge in [-0.3, -0.25) is 9.59 Å². The number of rotatable bonds is 16. The summed E-state index contributed by atoms with van der Waals surface area (Å²) in [6.07, 6.45) is 6.91. The second-order valence-electron chi connectivity index (χ2n) is 9.99. The highest BCUT2D eigenvalue weighted by atomic mass is 16.6. The van der Waals surface area contributed by atoms with Gasteiger partial charge in [0.2, 0.25) is 0 Å². The molecule has 0 aliphatic carbocycles. The summed E-state index contributed by atoms with van der Waals surface area (Å²) in [4.78, 5) is 25.5. The molecule has 1 heterocycles. The number of aryl methyl sites for hydroxylation is 1. The van der Waals surface area contributed by atoms with Crippen LogP contribution in [0, 0.1) is 6.92 Å². The Hall–Kier alpha value is -2.00. The van der Waals surface area contributed by atoms with Crippen LogP contribution in [0.15, 0.2) is 24.3 Å². The maximum atomic E-state index is 11.9. The van der Waals surface area contributed by atoms with Crippen molar-refractivity contribution >= 4 is 11.9 Å². The van der Waals surface area contributed by atoms with Crippen molar-refractivity contribution in [3.05, 3.63) is 35.4 Å². The van der Waals surface area contributed by atoms with E-state index in [1.807, 2.05) is 49.9 Å². The molecule has 8 heteroatoms. The molecule has 0 saturated carbocycles. The van der Waals surface area contributed by atoms with Crippen molar-refractivity contribution in [2.45, 2.75) is 116 Å². The van der Waals surface area contributed by atoms with Crippen LogP contribution < -0.4 is 0 Å². The van der Waals surface area contributed by atoms with E-state index in [2.05, 4.69) is 6.92 Å². The number of carbonyl (C=O) groups excluding carboxylic acids is 2. The molecule has 4 atom stereocenters. The minimum Gasteiger partial charge on any atom is -0.457 e. The normalized spacial score (nSPS) is 19.4. The second-order valence-corrected chi connectivity index (χ2v) is 9.99. The first kappa shape index (κ1) is 34.0. The maximum Gasteiger partial charge on any atom is 0.306 e. The summed E-state index contributed by atoms with van der Waals surface area (Å²) < 4.78 is 10.4. The lowest BCUT2D eigenvalue weighted by Crippen LogP contribution is -2.43. The first-order valence-corrected chi connectivity index (χ1v) is 14.4. The molecule has 8 nitrogen and oxygen atoms in total. The zero-order valence-corrected chi connectivity index (χ0v) is 23.9. The molecule has 0 aromatic heterocycles. The molecule has 38 heavy (non-hydrogen) atoms. The van der Waals surface area contributed by atoms with Gasteiger partial charge >= 0.3 is 5.97 Å². The molecule has 1 saturated heterocycles. The van der Waals surface area contributed by atoms with Crippen LogP contribution in [0.5, 0.6) is 0 Å². The average molecular weight is 538 g/mol. The monoisotopic (exact) mass is 537 g/mol. The fourth-order valence-electron chi connectivity index (χ4n) is 4.44. The van der Waals surface area contributed by atoms with Gasteiger partial charge in [-0.05, 0) is 39.3 Å². The summed E-state index contributed by atoms with van der Waals surface area (Å²) >= 11 is 0. The Labute approximate surface area is 229 Å². The Kier molecular flexibility index (Phi) is 17.9. The second kappa shape index (κ2) is 20.0. The number of aliphatic hydroxyl groups excluding tert-OH is 3. The van der Waals surface area contributed by atoms with Crippen LogP contribution in [-0.2, 0) is 14.3 Å². The highest BCUT2D eigenvalue weighted by molar-refractivity contribution is 5.94. The van der Waals surface area contributed by atoms with Crippen molar-refractivity contribution in [3.63, 3.8) is 0 Å². The van der Waals surface area contributed by atoms with Crippen LogP contribution >= 0.6 is 0 Å². The fraction of sp³-hybridized carbons (Fsp3) is 0.733. The van der Waals surface area contributed by atoms with Gasteiger partial charge in [-0.2, -0.15) is 0 Å². The topological polar surface area (TPSA) is 117 Å². The number of esters is 1. The maximum absolute atomic E-state index is 11.9. The van der Waals surface area contributed by atoms with E-state index in [1.165, 1.54) is 38.5 Å². The molecule has 0 bridgehead atoms. The number of ether oxygens (including phenoxy) is 2. The first-order valence-electron chi connectivity index (χ1n) is 14.4. The third-order valence-electron chi connectivity index (χ3n) is 6.82. The number of aliphatic hydroxyl groups is 3. The lowest BCUT2D eigenvalue weighted by molar-refractivity contribution is -0.162. The summed E-state index contributed by atoms with van der Waals surface area (Å²) in [6, 6.07) is 7.72. The molecule has 1 aromatic rings. The summed E-state index contributed by atoms with van der Waals surface area (Å²) in [5, 5.41) is 28.5. The number of unbranched alkanes of at least 4 members (excludes halogenated alkanes) is 8. The van der Waals surface area contributed by atoms with Gasteiger partial charge in [-0.15, -0.1) is 0 Å². The van der Waals surface area contributed by atoms with Crippen molar-refractivity contribution < 1.29 is 34.4 Å². The van der Waals surface area contributed by atoms with E-state index in [4.69, 9.17) is 9.47 Å². The SMILES string of the molecule is CCCCCCCCCCCC(=O)O[C@H](CO)[C@H]1OC[C@H](O)[C@H]1O.CCN(CC)C(=O)c1cccc(C)c1. The number of carbonyl (C=O) groups is 2. The molecule has 0 radical (unpaired) electrons. The van der Waals surface area contributed by atoms with Gasteiger partial charge < -0.3 is 29.7 Å². The third kappa shape index (κ3) is 12.7. The zero-order valence-electron chi connectivity index (χ0n) is 23.9. The van der Waals surface area contributed by atoms with Gasteiger partial charge in [-0.25, -0.2) is 0 Å². The van der Waals surface area contributed by atoms with Crippen molar-refractivity contribution in [1.82, 2.24) is 4.90 Å². The number of benzene rings is 1. The van der Waals surface area contributed by atoms with E-state index in [1.54, 1.807) is 0 Å². The number of hydrogen-bond donors (Lipinski definition) is 3. The molecule has 218 valence electrons. The van der Waals surface area contributed by atoms with Crippen molar-refractivity contribution in [2.75, 3.05) is 26.3 Å². The van der Waals surface area contributed by atoms with E-state index >= 15 is 0 Å². The highest BCUT2D eigenvalue weighted by Gasteiger charge is 2.41. The van der Waals surface area contributed by atoms with Gasteiger partial charge in [-0.1, -0.05) is 76.0 Å². The Balaban J connectivity index is 0.000000437. The number of amides is 1. The van der Waals surface area contributed by atoms with E-state index in [0.717, 1.165) is 43.5 Å². The molecule has 2 rings (SSSR count). The van der Waals surface area contributed by atoms with Gasteiger partial charge in [0.25, 0.3) is 5.91 Å². The summed E-state index contributed by atoms with van der Waals surface area (Å²) in [5.41, 5.74) is 1.91. The lowest BCUT2D eigenvalue weighted by atomic mass is 10.1. The highest BCUT2D eigenvalue weighted by Crippen LogP contribution is 2.20. The van der Waals surface area contributed by atoms with Crippen LogP contribution in [0.1, 0.15) is 101 Å². The van der Waals surface area contributed by atoms with Crippen LogP contribution in [0.4, 0.5) is 0 Å². The van der Waals surface area contributed by atoms with Crippen molar-refractivity contribution in [2.24, 2.45) is 0 Å². The average Bonchev–Trinajstić information content (AvgIpc) is 3.25. The number of nitrogens with zero attached hydrogens (tertiary/aromatic N) is 1. The summed E-state index contributed by atoms with van der Waals surface area (Å²) in [5.74, 6) is -0.270. The van der Waals surface area contributed by atoms with Gasteiger partial charge in [0.1, 0.15) is 18.3 Å². The summed E-state index contributed by atoms with van der Waals surface area (Å²) in [7, 11) is 0. The summed E-state index contributed by atoms with van der Waals surface area (Å²) in [6.45, 7) is 9.29. The minimum atomic E-state index is -1.14. The van der Waals surface area contributed by atoms with Gasteiger partial charge in [0.05, 0.1) is 13.2 Å². The first-order chi connectivity index (χ1) is 18.3. The van der Waals surface area contributed by atoms with Crippen LogP contribution in [0.2, 0.25) is 0 Å². The van der Waals surface area contributed by atoms with Crippen molar-refractivity contribution in [3.8, 4) is 0 Å². The molecule has 1 aliphatic rings. The Morgan fingerprint density at radius 3 is 2.11 bits per heavy atom. The molecule has 3 N–H and O–H groups in total. The standard InChI is InChI=1S/C18H34O6.C12H17NO/c1-2-3-4-5-6-7-8-9-10-11-16(21)24-15(12-19)18-17(22)14(20)13-23-18;1-4-13(5-2)12(14)11-8-6-7-10(3)9-11/h14-15,17-20,22H,2-13H2,1H3;6-9H,4-5H2,1-3H3/t14-,15+,17+,18+;/m0./s1. The van der Waals surface area contributed by atoms with Crippen LogP contribution in [0.3, 0.4) is 0 Å². The van der Waals surface area contributed by atoms with Crippen LogP contribution in [-0.4, -0.2) is 82.8 Å². The van der Waals surface area contributed by atoms with E-state index in [0.29, 0.717) is 6.42 Å². The molecule has 1 aliphatic heterocycles. The quantitative estimate of drug-likeness (QED) is 0.211. The van der Waals surface area contributed by atoms with Crippen LogP contribution in [0.25, 0.3) is 0 Å². The molecule has 1 aromatic carbocycles. The molecule has 0 spiro atoms. The fourth-order valence-corrected chi connectivity index (χ4v) is 4.44. The van der Waals surface area contributed by atoms with E-state index in [-0.39, 0.29) is 12.5 Å². The Morgan fingerprint density at radius 2 is 1.61 bits per heavy atom. The van der Waals surface area contributed by atoms with E-state index in [9.17, 15) is 24.9 Å². The minimum absolute atomic E-state index is 0.0157. The van der Waals surface area contributed by atoms with Gasteiger partial charge in [0, 0.05) is 25.1 Å². The largest absolute Gasteiger partial charge is 0.457 e. The molecular weight excluding hydrogens is 486 g/mol. The molecule has 1 fully saturated rings. The molecule has 0 unspecified atom stereocenters. The Morgan fingerprint density at radius 1 is 1.00 bits per heavy atom. The Bertz CT molecular complexity index is 784. The molecule has 1 amide bonds. The van der Waals surface area contributed by atoms with E-state index < -0.39 is 37.0 Å². The predicted octanol–water partition coefficient (Wildman–Crippen LogP) is 4.41. The molecular formula is C30H51NO7. The number of hydrogen-bond acceptors (Lipinski definition) is 7.